The molecule has 0 aromatic heterocycles. The largest absolute Gasteiger partial charge is 0.314 e. The SMILES string of the molecule is CN1C(=O)[C@@]2(C[C@H]2C2CCC3C(/C=C/c4ccc(CN5CCCCC5)cc4)NNC3C2)c2ccccc21. The minimum Gasteiger partial charge on any atom is -0.314 e. The van der Waals surface area contributed by atoms with E-state index in [1.165, 1.54) is 68.3 Å². The minimum absolute atomic E-state index is 0.242. The van der Waals surface area contributed by atoms with Crippen LogP contribution in [0.4, 0.5) is 5.69 Å². The summed E-state index contributed by atoms with van der Waals surface area (Å²) in [4.78, 5) is 17.8. The quantitative estimate of drug-likeness (QED) is 0.619. The van der Waals surface area contributed by atoms with E-state index >= 15 is 0 Å². The molecule has 0 bridgehead atoms. The number of nitrogens with zero attached hydrogens (tertiary/aromatic N) is 2. The molecule has 3 heterocycles. The van der Waals surface area contributed by atoms with Crippen LogP contribution in [0, 0.1) is 17.8 Å². The Morgan fingerprint density at radius 1 is 1.00 bits per heavy atom. The van der Waals surface area contributed by atoms with Crippen molar-refractivity contribution in [2.24, 2.45) is 17.8 Å². The molecule has 6 atom stereocenters. The maximum Gasteiger partial charge on any atom is 0.237 e. The molecule has 2 aliphatic carbocycles. The number of likely N-dealkylation sites (N-methyl/N-ethyl adjacent to an activating group) is 1. The van der Waals surface area contributed by atoms with E-state index in [4.69, 9.17) is 0 Å². The normalized spacial score (nSPS) is 35.3. The molecular formula is C32H40N4O. The number of nitrogens with one attached hydrogen (secondary N) is 2. The lowest BCUT2D eigenvalue weighted by Crippen LogP contribution is -2.38. The van der Waals surface area contributed by atoms with Crippen molar-refractivity contribution < 1.29 is 4.79 Å². The van der Waals surface area contributed by atoms with Gasteiger partial charge < -0.3 is 4.90 Å². The number of piperidine rings is 1. The smallest absolute Gasteiger partial charge is 0.237 e. The van der Waals surface area contributed by atoms with Gasteiger partial charge >= 0.3 is 0 Å². The van der Waals surface area contributed by atoms with E-state index in [-0.39, 0.29) is 5.41 Å². The van der Waals surface area contributed by atoms with Crippen molar-refractivity contribution in [3.63, 3.8) is 0 Å². The molecule has 2 aromatic carbocycles. The van der Waals surface area contributed by atoms with Crippen LogP contribution in [0.15, 0.2) is 54.6 Å². The van der Waals surface area contributed by atoms with Gasteiger partial charge in [0, 0.05) is 31.4 Å². The topological polar surface area (TPSA) is 47.6 Å². The molecule has 5 nitrogen and oxygen atoms in total. The highest BCUT2D eigenvalue weighted by atomic mass is 16.2. The highest BCUT2D eigenvalue weighted by molar-refractivity contribution is 6.10. The first-order chi connectivity index (χ1) is 18.1. The van der Waals surface area contributed by atoms with Gasteiger partial charge in [-0.3, -0.25) is 20.5 Å². The third-order valence-corrected chi connectivity index (χ3v) is 10.2. The zero-order chi connectivity index (χ0) is 25.0. The minimum atomic E-state index is -0.242. The molecule has 37 heavy (non-hydrogen) atoms. The first-order valence-electron chi connectivity index (χ1n) is 14.5. The molecule has 0 radical (unpaired) electrons. The van der Waals surface area contributed by atoms with Crippen LogP contribution in [-0.4, -0.2) is 43.0 Å². The average Bonchev–Trinajstić information content (AvgIpc) is 3.52. The Balaban J connectivity index is 0.966. The van der Waals surface area contributed by atoms with Gasteiger partial charge in [0.1, 0.15) is 0 Å². The first kappa shape index (κ1) is 23.6. The summed E-state index contributed by atoms with van der Waals surface area (Å²) in [5.74, 6) is 2.05. The van der Waals surface area contributed by atoms with Crippen molar-refractivity contribution in [1.82, 2.24) is 15.8 Å². The fraction of sp³-hybridized carbons (Fsp3) is 0.531. The molecule has 3 aliphatic heterocycles. The van der Waals surface area contributed by atoms with Crippen LogP contribution in [0.5, 0.6) is 0 Å². The number of rotatable bonds is 5. The standard InChI is InChI=1S/C32H40N4O/c1-35-30-8-4-3-7-26(30)32(31(35)37)20-27(32)24-14-15-25-28(33-34-29(25)19-24)16-13-22-9-11-23(12-10-22)21-36-17-5-2-6-18-36/h3-4,7-13,16,24-25,27-29,33-34H,2,5-6,14-15,17-21H2,1H3/b16-13+/t24?,25?,27-,28?,29?,32-/m0/s1. The van der Waals surface area contributed by atoms with Gasteiger partial charge in [-0.25, -0.2) is 0 Å². The molecule has 2 saturated heterocycles. The highest BCUT2D eigenvalue weighted by Crippen LogP contribution is 2.66. The predicted molar refractivity (Wildman–Crippen MR) is 149 cm³/mol. The number of likely N-dealkylation sites (tertiary alicyclic amines) is 1. The lowest BCUT2D eigenvalue weighted by atomic mass is 9.73. The van der Waals surface area contributed by atoms with Gasteiger partial charge in [-0.15, -0.1) is 0 Å². The molecule has 5 aliphatic rings. The lowest BCUT2D eigenvalue weighted by molar-refractivity contribution is -0.120. The van der Waals surface area contributed by atoms with Gasteiger partial charge in [-0.1, -0.05) is 61.0 Å². The number of hydrogen-bond donors (Lipinski definition) is 2. The van der Waals surface area contributed by atoms with E-state index in [9.17, 15) is 4.79 Å². The number of benzene rings is 2. The summed E-state index contributed by atoms with van der Waals surface area (Å²) < 4.78 is 0. The number of para-hydroxylation sites is 1. The monoisotopic (exact) mass is 496 g/mol. The lowest BCUT2D eigenvalue weighted by Gasteiger charge is -2.33. The molecular weight excluding hydrogens is 456 g/mol. The van der Waals surface area contributed by atoms with Crippen molar-refractivity contribution >= 4 is 17.7 Å². The Hall–Kier alpha value is -2.47. The number of carbonyl (C=O) groups excluding carboxylic acids is 1. The van der Waals surface area contributed by atoms with Crippen LogP contribution in [0.25, 0.3) is 6.08 Å². The second kappa shape index (κ2) is 9.37. The first-order valence-corrected chi connectivity index (χ1v) is 14.5. The van der Waals surface area contributed by atoms with Crippen molar-refractivity contribution in [3.05, 3.63) is 71.3 Å². The maximum absolute atomic E-state index is 13.3. The molecule has 1 amide bonds. The maximum atomic E-state index is 13.3. The summed E-state index contributed by atoms with van der Waals surface area (Å²) in [5, 5.41) is 0. The zero-order valence-corrected chi connectivity index (χ0v) is 22.0. The number of fused-ring (bicyclic) bond motifs is 3. The van der Waals surface area contributed by atoms with Crippen LogP contribution in [0.2, 0.25) is 0 Å². The molecule has 5 heteroatoms. The summed E-state index contributed by atoms with van der Waals surface area (Å²) in [6.07, 6.45) is 13.4. The van der Waals surface area contributed by atoms with Crippen molar-refractivity contribution in [2.45, 2.75) is 69.0 Å². The fourth-order valence-corrected chi connectivity index (χ4v) is 8.09. The summed E-state index contributed by atoms with van der Waals surface area (Å²) in [6, 6.07) is 18.4. The summed E-state index contributed by atoms with van der Waals surface area (Å²) in [6.45, 7) is 3.57. The molecule has 2 aromatic rings. The second-order valence-corrected chi connectivity index (χ2v) is 12.3. The molecule has 2 saturated carbocycles. The summed E-state index contributed by atoms with van der Waals surface area (Å²) in [5.41, 5.74) is 12.1. The van der Waals surface area contributed by atoms with E-state index in [1.807, 2.05) is 11.9 Å². The highest BCUT2D eigenvalue weighted by Gasteiger charge is 2.68. The molecule has 7 rings (SSSR count). The molecule has 4 unspecified atom stereocenters. The molecule has 4 fully saturated rings. The van der Waals surface area contributed by atoms with Crippen LogP contribution >= 0.6 is 0 Å². The van der Waals surface area contributed by atoms with Gasteiger partial charge in [0.15, 0.2) is 0 Å². The van der Waals surface area contributed by atoms with Crippen molar-refractivity contribution in [2.75, 3.05) is 25.0 Å². The number of hydrogen-bond acceptors (Lipinski definition) is 4. The van der Waals surface area contributed by atoms with E-state index < -0.39 is 0 Å². The third-order valence-electron chi connectivity index (χ3n) is 10.2. The Bertz CT molecular complexity index is 1190. The summed E-state index contributed by atoms with van der Waals surface area (Å²) >= 11 is 0. The van der Waals surface area contributed by atoms with E-state index in [0.29, 0.717) is 35.7 Å². The second-order valence-electron chi connectivity index (χ2n) is 12.3. The van der Waals surface area contributed by atoms with Gasteiger partial charge in [-0.2, -0.15) is 0 Å². The fourth-order valence-electron chi connectivity index (χ4n) is 8.09. The van der Waals surface area contributed by atoms with Crippen LogP contribution < -0.4 is 15.8 Å². The Labute approximate surface area is 221 Å². The van der Waals surface area contributed by atoms with Crippen LogP contribution in [0.1, 0.15) is 61.6 Å². The predicted octanol–water partition coefficient (Wildman–Crippen LogP) is 4.88. The molecule has 1 spiro atoms. The molecule has 194 valence electrons. The number of carbonyl (C=O) groups is 1. The van der Waals surface area contributed by atoms with Gasteiger partial charge in [0.25, 0.3) is 0 Å². The van der Waals surface area contributed by atoms with Crippen LogP contribution in [0.3, 0.4) is 0 Å². The van der Waals surface area contributed by atoms with E-state index in [1.54, 1.807) is 0 Å². The van der Waals surface area contributed by atoms with E-state index in [0.717, 1.165) is 18.7 Å². The Morgan fingerprint density at radius 2 is 1.81 bits per heavy atom. The van der Waals surface area contributed by atoms with Gasteiger partial charge in [0.2, 0.25) is 5.91 Å². The van der Waals surface area contributed by atoms with Gasteiger partial charge in [-0.05, 0) is 92.1 Å². The molecule has 2 N–H and O–H groups in total. The van der Waals surface area contributed by atoms with Crippen molar-refractivity contribution in [3.8, 4) is 0 Å². The van der Waals surface area contributed by atoms with Crippen molar-refractivity contribution in [1.29, 1.82) is 0 Å². The number of amides is 1. The van der Waals surface area contributed by atoms with E-state index in [2.05, 4.69) is 76.4 Å². The Kier molecular flexibility index (Phi) is 5.99. The van der Waals surface area contributed by atoms with Crippen LogP contribution in [-0.2, 0) is 16.8 Å². The number of anilines is 1. The number of hydrazine groups is 1. The van der Waals surface area contributed by atoms with Gasteiger partial charge in [0.05, 0.1) is 5.41 Å². The zero-order valence-electron chi connectivity index (χ0n) is 22.0. The third kappa shape index (κ3) is 4.07. The summed E-state index contributed by atoms with van der Waals surface area (Å²) in [7, 11) is 1.95. The Morgan fingerprint density at radius 3 is 2.65 bits per heavy atom. The average molecular weight is 497 g/mol.